The number of rotatable bonds is 3. The standard InChI is InChI=1S/C12H17N5O2/c1-5-7-8(14-6-13-7)9-10(16-17-15-9)11(18)19-12(2,3)4/h6H,5H2,1-4H3,(H,13,14)(H,15,16,17). The lowest BCUT2D eigenvalue weighted by Crippen LogP contribution is -2.24. The number of carbonyl (C=O) groups excluding carboxylic acids is 1. The van der Waals surface area contributed by atoms with E-state index in [1.165, 1.54) is 0 Å². The lowest BCUT2D eigenvalue weighted by molar-refractivity contribution is 0.00637. The van der Waals surface area contributed by atoms with Gasteiger partial charge in [0, 0.05) is 5.69 Å². The molecular weight excluding hydrogens is 246 g/mol. The molecule has 0 aromatic carbocycles. The maximum Gasteiger partial charge on any atom is 0.361 e. The number of carbonyl (C=O) groups is 1. The first-order valence-corrected chi connectivity index (χ1v) is 6.09. The smallest absolute Gasteiger partial charge is 0.361 e. The van der Waals surface area contributed by atoms with Crippen molar-refractivity contribution in [3.05, 3.63) is 17.7 Å². The van der Waals surface area contributed by atoms with Crippen molar-refractivity contribution >= 4 is 5.97 Å². The average Bonchev–Trinajstić information content (AvgIpc) is 2.94. The molecule has 2 heterocycles. The minimum absolute atomic E-state index is 0.150. The summed E-state index contributed by atoms with van der Waals surface area (Å²) in [6.45, 7) is 7.40. The quantitative estimate of drug-likeness (QED) is 0.822. The van der Waals surface area contributed by atoms with Crippen molar-refractivity contribution in [1.29, 1.82) is 0 Å². The van der Waals surface area contributed by atoms with Gasteiger partial charge in [0.15, 0.2) is 5.69 Å². The number of hydrogen-bond acceptors (Lipinski definition) is 5. The Morgan fingerprint density at radius 3 is 2.68 bits per heavy atom. The van der Waals surface area contributed by atoms with Crippen LogP contribution in [0.15, 0.2) is 6.33 Å². The van der Waals surface area contributed by atoms with Crippen LogP contribution in [0.25, 0.3) is 11.4 Å². The van der Waals surface area contributed by atoms with Crippen molar-refractivity contribution in [1.82, 2.24) is 25.4 Å². The zero-order valence-electron chi connectivity index (χ0n) is 11.4. The van der Waals surface area contributed by atoms with Crippen LogP contribution in [0.3, 0.4) is 0 Å². The molecule has 0 radical (unpaired) electrons. The Hall–Kier alpha value is -2.18. The van der Waals surface area contributed by atoms with Gasteiger partial charge in [-0.1, -0.05) is 6.92 Å². The first-order chi connectivity index (χ1) is 8.92. The lowest BCUT2D eigenvalue weighted by Gasteiger charge is -2.18. The van der Waals surface area contributed by atoms with E-state index in [1.54, 1.807) is 27.1 Å². The number of nitrogens with zero attached hydrogens (tertiary/aromatic N) is 3. The van der Waals surface area contributed by atoms with Crippen molar-refractivity contribution in [2.75, 3.05) is 0 Å². The third kappa shape index (κ3) is 2.81. The highest BCUT2D eigenvalue weighted by molar-refractivity contribution is 5.93. The van der Waals surface area contributed by atoms with Crippen LogP contribution < -0.4 is 0 Å². The third-order valence-corrected chi connectivity index (χ3v) is 2.44. The molecule has 19 heavy (non-hydrogen) atoms. The van der Waals surface area contributed by atoms with Crippen molar-refractivity contribution in [3.8, 4) is 11.4 Å². The Balaban J connectivity index is 2.35. The van der Waals surface area contributed by atoms with E-state index in [2.05, 4.69) is 25.4 Å². The minimum atomic E-state index is -0.577. The largest absolute Gasteiger partial charge is 0.455 e. The van der Waals surface area contributed by atoms with Crippen LogP contribution >= 0.6 is 0 Å². The van der Waals surface area contributed by atoms with Gasteiger partial charge in [0.2, 0.25) is 0 Å². The number of ether oxygens (including phenoxy) is 1. The van der Waals surface area contributed by atoms with Gasteiger partial charge in [-0.15, -0.1) is 5.10 Å². The fourth-order valence-electron chi connectivity index (χ4n) is 1.66. The van der Waals surface area contributed by atoms with E-state index in [-0.39, 0.29) is 5.69 Å². The van der Waals surface area contributed by atoms with Gasteiger partial charge < -0.3 is 9.72 Å². The molecule has 0 fully saturated rings. The molecule has 7 nitrogen and oxygen atoms in total. The highest BCUT2D eigenvalue weighted by Crippen LogP contribution is 2.22. The fourth-order valence-corrected chi connectivity index (χ4v) is 1.66. The SMILES string of the molecule is CCc1[nH]cnc1-c1n[nH]nc1C(=O)OC(C)(C)C. The molecule has 0 unspecified atom stereocenters. The van der Waals surface area contributed by atoms with Crippen LogP contribution in [0.1, 0.15) is 43.9 Å². The predicted octanol–water partition coefficient (Wildman–Crippen LogP) is 1.71. The first kappa shape index (κ1) is 13.3. The molecule has 0 spiro atoms. The molecule has 0 amide bonds. The molecule has 0 aliphatic rings. The Morgan fingerprint density at radius 1 is 1.32 bits per heavy atom. The number of H-pyrrole nitrogens is 2. The number of imidazole rings is 1. The van der Waals surface area contributed by atoms with Crippen LogP contribution in [0, 0.1) is 0 Å². The van der Waals surface area contributed by atoms with Gasteiger partial charge in [0.25, 0.3) is 0 Å². The summed E-state index contributed by atoms with van der Waals surface area (Å²) in [5, 5.41) is 10.3. The third-order valence-electron chi connectivity index (χ3n) is 2.44. The van der Waals surface area contributed by atoms with Gasteiger partial charge in [0.1, 0.15) is 17.0 Å². The number of hydrogen-bond donors (Lipinski definition) is 2. The van der Waals surface area contributed by atoms with Gasteiger partial charge >= 0.3 is 5.97 Å². The zero-order chi connectivity index (χ0) is 14.0. The number of nitrogens with one attached hydrogen (secondary N) is 2. The predicted molar refractivity (Wildman–Crippen MR) is 68.5 cm³/mol. The fraction of sp³-hybridized carbons (Fsp3) is 0.500. The normalized spacial score (nSPS) is 11.6. The lowest BCUT2D eigenvalue weighted by atomic mass is 10.1. The molecule has 0 saturated heterocycles. The van der Waals surface area contributed by atoms with Gasteiger partial charge in [-0.25, -0.2) is 9.78 Å². The summed E-state index contributed by atoms with van der Waals surface area (Å²) in [5.74, 6) is -0.513. The van der Waals surface area contributed by atoms with E-state index in [0.29, 0.717) is 11.4 Å². The molecule has 2 aromatic rings. The van der Waals surface area contributed by atoms with Crippen molar-refractivity contribution in [2.24, 2.45) is 0 Å². The van der Waals surface area contributed by atoms with Crippen molar-refractivity contribution in [3.63, 3.8) is 0 Å². The maximum atomic E-state index is 12.1. The second-order valence-corrected chi connectivity index (χ2v) is 5.11. The first-order valence-electron chi connectivity index (χ1n) is 6.09. The summed E-state index contributed by atoms with van der Waals surface area (Å²) in [7, 11) is 0. The Kier molecular flexibility index (Phi) is 3.37. The molecular formula is C12H17N5O2. The second kappa shape index (κ2) is 4.83. The molecule has 2 N–H and O–H groups in total. The highest BCUT2D eigenvalue weighted by Gasteiger charge is 2.26. The Labute approximate surface area is 110 Å². The summed E-state index contributed by atoms with van der Waals surface area (Å²) in [6, 6.07) is 0. The molecule has 102 valence electrons. The van der Waals surface area contributed by atoms with Crippen LogP contribution in [0.5, 0.6) is 0 Å². The van der Waals surface area contributed by atoms with Crippen LogP contribution in [-0.4, -0.2) is 36.9 Å². The van der Waals surface area contributed by atoms with Crippen LogP contribution in [0.4, 0.5) is 0 Å². The molecule has 2 aromatic heterocycles. The molecule has 0 aliphatic carbocycles. The molecule has 7 heteroatoms. The average molecular weight is 263 g/mol. The minimum Gasteiger partial charge on any atom is -0.455 e. The monoisotopic (exact) mass is 263 g/mol. The van der Waals surface area contributed by atoms with E-state index in [9.17, 15) is 4.79 Å². The topological polar surface area (TPSA) is 96.5 Å². The van der Waals surface area contributed by atoms with Crippen LogP contribution in [0.2, 0.25) is 0 Å². The van der Waals surface area contributed by atoms with Gasteiger partial charge in [0.05, 0.1) is 6.33 Å². The Bertz CT molecular complexity index is 579. The van der Waals surface area contributed by atoms with Crippen molar-refractivity contribution < 1.29 is 9.53 Å². The Morgan fingerprint density at radius 2 is 2.05 bits per heavy atom. The number of aromatic nitrogens is 5. The highest BCUT2D eigenvalue weighted by atomic mass is 16.6. The molecule has 0 saturated carbocycles. The van der Waals surface area contributed by atoms with E-state index in [0.717, 1.165) is 12.1 Å². The summed E-state index contributed by atoms with van der Waals surface area (Å²) in [6.07, 6.45) is 2.33. The zero-order valence-corrected chi connectivity index (χ0v) is 11.4. The summed E-state index contributed by atoms with van der Waals surface area (Å²) < 4.78 is 5.29. The van der Waals surface area contributed by atoms with E-state index < -0.39 is 11.6 Å². The number of esters is 1. The summed E-state index contributed by atoms with van der Waals surface area (Å²) in [4.78, 5) is 19.3. The maximum absolute atomic E-state index is 12.1. The molecule has 0 bridgehead atoms. The van der Waals surface area contributed by atoms with E-state index in [4.69, 9.17) is 4.74 Å². The molecule has 2 rings (SSSR count). The van der Waals surface area contributed by atoms with Gasteiger partial charge in [-0.3, -0.25) is 0 Å². The summed E-state index contributed by atoms with van der Waals surface area (Å²) >= 11 is 0. The van der Waals surface area contributed by atoms with Gasteiger partial charge in [-0.2, -0.15) is 10.3 Å². The van der Waals surface area contributed by atoms with Gasteiger partial charge in [-0.05, 0) is 27.2 Å². The molecule has 0 atom stereocenters. The summed E-state index contributed by atoms with van der Waals surface area (Å²) in [5.41, 5.74) is 1.51. The van der Waals surface area contributed by atoms with E-state index in [1.807, 2.05) is 6.92 Å². The number of aromatic amines is 2. The second-order valence-electron chi connectivity index (χ2n) is 5.11. The van der Waals surface area contributed by atoms with Crippen LogP contribution in [-0.2, 0) is 11.2 Å². The molecule has 0 aliphatic heterocycles. The van der Waals surface area contributed by atoms with E-state index >= 15 is 0 Å². The number of aryl methyl sites for hydroxylation is 1. The van der Waals surface area contributed by atoms with Crippen molar-refractivity contribution in [2.45, 2.75) is 39.7 Å².